The number of aromatic amines is 1. The summed E-state index contributed by atoms with van der Waals surface area (Å²) in [6.07, 6.45) is 6.02. The van der Waals surface area contributed by atoms with E-state index in [1.165, 1.54) is 5.56 Å². The van der Waals surface area contributed by atoms with Gasteiger partial charge < -0.3 is 15.4 Å². The topological polar surface area (TPSA) is 87.8 Å². The normalized spacial score (nSPS) is 15.0. The summed E-state index contributed by atoms with van der Waals surface area (Å²) < 4.78 is 6.15. The molecular weight excluding hydrogens is 364 g/mol. The fraction of sp³-hybridized carbons (Fsp3) is 0.318. The van der Waals surface area contributed by atoms with E-state index in [1.807, 2.05) is 31.2 Å². The molecular formula is C22H26N6O. The minimum atomic E-state index is 0.167. The van der Waals surface area contributed by atoms with Gasteiger partial charge in [-0.15, -0.1) is 0 Å². The maximum absolute atomic E-state index is 6.15. The van der Waals surface area contributed by atoms with Crippen LogP contribution in [0.1, 0.15) is 35.5 Å². The molecule has 3 heterocycles. The Balaban J connectivity index is 1.58. The average Bonchev–Trinajstić information content (AvgIpc) is 3.13. The maximum atomic E-state index is 6.15. The van der Waals surface area contributed by atoms with Crippen molar-refractivity contribution in [3.05, 3.63) is 59.0 Å². The van der Waals surface area contributed by atoms with Crippen molar-refractivity contribution in [1.82, 2.24) is 25.5 Å². The molecule has 0 spiro atoms. The smallest absolute Gasteiger partial charge is 0.219 e. The molecule has 0 amide bonds. The van der Waals surface area contributed by atoms with Crippen LogP contribution >= 0.6 is 0 Å². The van der Waals surface area contributed by atoms with Crippen LogP contribution < -0.4 is 15.4 Å². The third-order valence-corrected chi connectivity index (χ3v) is 4.76. The highest BCUT2D eigenvalue weighted by Gasteiger charge is 2.16. The van der Waals surface area contributed by atoms with Gasteiger partial charge in [-0.1, -0.05) is 35.9 Å². The van der Waals surface area contributed by atoms with Crippen molar-refractivity contribution < 1.29 is 4.74 Å². The Morgan fingerprint density at radius 1 is 1.00 bits per heavy atom. The van der Waals surface area contributed by atoms with Crippen LogP contribution in [-0.2, 0) is 0 Å². The second-order valence-electron chi connectivity index (χ2n) is 7.32. The maximum Gasteiger partial charge on any atom is 0.219 e. The molecule has 7 nitrogen and oxygen atoms in total. The molecule has 0 radical (unpaired) electrons. The summed E-state index contributed by atoms with van der Waals surface area (Å²) in [6.45, 7) is 5.97. The summed E-state index contributed by atoms with van der Waals surface area (Å²) in [4.78, 5) is 9.21. The van der Waals surface area contributed by atoms with Crippen molar-refractivity contribution in [3.8, 4) is 5.88 Å². The summed E-state index contributed by atoms with van der Waals surface area (Å²) in [5, 5.41) is 13.7. The number of aromatic nitrogens is 4. The largest absolute Gasteiger partial charge is 0.474 e. The van der Waals surface area contributed by atoms with Crippen LogP contribution in [0.4, 0.5) is 11.6 Å². The van der Waals surface area contributed by atoms with Crippen molar-refractivity contribution in [3.63, 3.8) is 0 Å². The highest BCUT2D eigenvalue weighted by atomic mass is 16.5. The van der Waals surface area contributed by atoms with E-state index in [4.69, 9.17) is 4.74 Å². The predicted octanol–water partition coefficient (Wildman–Crippen LogP) is 3.86. The molecule has 0 atom stereocenters. The molecule has 7 heteroatoms. The number of aryl methyl sites for hydroxylation is 2. The second kappa shape index (κ2) is 8.87. The third-order valence-electron chi connectivity index (χ3n) is 4.76. The SMILES string of the molecule is Cc1ccc(C=Cc2nc(Nc3cc(C)[nH]n3)cc(OC3CCNCC3)n2)cc1. The van der Waals surface area contributed by atoms with Crippen LogP contribution in [0.15, 0.2) is 36.4 Å². The molecule has 1 saturated heterocycles. The Labute approximate surface area is 170 Å². The second-order valence-corrected chi connectivity index (χ2v) is 7.32. The van der Waals surface area contributed by atoms with E-state index in [1.54, 1.807) is 0 Å². The van der Waals surface area contributed by atoms with Gasteiger partial charge in [-0.25, -0.2) is 4.98 Å². The number of ether oxygens (including phenoxy) is 1. The van der Waals surface area contributed by atoms with Crippen LogP contribution in [0.5, 0.6) is 5.88 Å². The molecule has 3 N–H and O–H groups in total. The summed E-state index contributed by atoms with van der Waals surface area (Å²) in [7, 11) is 0. The molecule has 0 unspecified atom stereocenters. The summed E-state index contributed by atoms with van der Waals surface area (Å²) in [5.74, 6) is 2.53. The van der Waals surface area contributed by atoms with E-state index >= 15 is 0 Å². The van der Waals surface area contributed by atoms with Gasteiger partial charge in [-0.05, 0) is 51.4 Å². The highest BCUT2D eigenvalue weighted by Crippen LogP contribution is 2.21. The Kier molecular flexibility index (Phi) is 5.86. The lowest BCUT2D eigenvalue weighted by atomic mass is 10.1. The first kappa shape index (κ1) is 19.1. The number of nitrogens with zero attached hydrogens (tertiary/aromatic N) is 3. The highest BCUT2D eigenvalue weighted by molar-refractivity contribution is 5.68. The Bertz CT molecular complexity index is 973. The molecule has 0 bridgehead atoms. The lowest BCUT2D eigenvalue weighted by Crippen LogP contribution is -2.34. The lowest BCUT2D eigenvalue weighted by molar-refractivity contribution is 0.155. The number of nitrogens with one attached hydrogen (secondary N) is 3. The van der Waals surface area contributed by atoms with Gasteiger partial charge in [-0.3, -0.25) is 5.10 Å². The zero-order valence-electron chi connectivity index (χ0n) is 16.8. The van der Waals surface area contributed by atoms with Crippen molar-refractivity contribution >= 4 is 23.8 Å². The molecule has 4 rings (SSSR count). The minimum absolute atomic E-state index is 0.167. The molecule has 0 saturated carbocycles. The van der Waals surface area contributed by atoms with Crippen molar-refractivity contribution in [2.45, 2.75) is 32.8 Å². The molecule has 1 aromatic carbocycles. The quantitative estimate of drug-likeness (QED) is 0.592. The minimum Gasteiger partial charge on any atom is -0.474 e. The van der Waals surface area contributed by atoms with E-state index < -0.39 is 0 Å². The van der Waals surface area contributed by atoms with Crippen LogP contribution in [0.2, 0.25) is 0 Å². The Morgan fingerprint density at radius 3 is 2.52 bits per heavy atom. The first-order valence-corrected chi connectivity index (χ1v) is 9.94. The zero-order chi connectivity index (χ0) is 20.1. The fourth-order valence-electron chi connectivity index (χ4n) is 3.19. The predicted molar refractivity (Wildman–Crippen MR) is 115 cm³/mol. The van der Waals surface area contributed by atoms with E-state index in [0.29, 0.717) is 23.3 Å². The number of hydrogen-bond donors (Lipinski definition) is 3. The van der Waals surface area contributed by atoms with Crippen molar-refractivity contribution in [2.24, 2.45) is 0 Å². The van der Waals surface area contributed by atoms with Crippen LogP contribution in [-0.4, -0.2) is 39.4 Å². The van der Waals surface area contributed by atoms with Crippen LogP contribution in [0.3, 0.4) is 0 Å². The van der Waals surface area contributed by atoms with Gasteiger partial charge in [0.25, 0.3) is 0 Å². The molecule has 2 aromatic heterocycles. The molecule has 1 fully saturated rings. The van der Waals surface area contributed by atoms with Gasteiger partial charge >= 0.3 is 0 Å². The molecule has 3 aromatic rings. The van der Waals surface area contributed by atoms with Crippen LogP contribution in [0, 0.1) is 13.8 Å². The van der Waals surface area contributed by atoms with Gasteiger partial charge in [0.1, 0.15) is 11.9 Å². The first-order valence-electron chi connectivity index (χ1n) is 9.94. The molecule has 29 heavy (non-hydrogen) atoms. The lowest BCUT2D eigenvalue weighted by Gasteiger charge is -2.23. The average molecular weight is 390 g/mol. The molecule has 1 aliphatic heterocycles. The van der Waals surface area contributed by atoms with Gasteiger partial charge in [0.2, 0.25) is 5.88 Å². The van der Waals surface area contributed by atoms with Gasteiger partial charge in [-0.2, -0.15) is 10.1 Å². The van der Waals surface area contributed by atoms with Gasteiger partial charge in [0, 0.05) is 17.8 Å². The number of anilines is 2. The van der Waals surface area contributed by atoms with Crippen molar-refractivity contribution in [1.29, 1.82) is 0 Å². The molecule has 150 valence electrons. The first-order chi connectivity index (χ1) is 14.1. The third kappa shape index (κ3) is 5.42. The summed E-state index contributed by atoms with van der Waals surface area (Å²) >= 11 is 0. The van der Waals surface area contributed by atoms with Crippen LogP contribution in [0.25, 0.3) is 12.2 Å². The number of piperidine rings is 1. The number of hydrogen-bond acceptors (Lipinski definition) is 6. The standard InChI is InChI=1S/C22H26N6O/c1-15-3-5-17(6-4-15)7-8-19-24-20(25-21-13-16(2)27-28-21)14-22(26-19)29-18-9-11-23-12-10-18/h3-8,13-14,18,23H,9-12H2,1-2H3,(H2,24,25,26,27,28). The van der Waals surface area contributed by atoms with Gasteiger partial charge in [0.05, 0.1) is 0 Å². The monoisotopic (exact) mass is 390 g/mol. The van der Waals surface area contributed by atoms with Gasteiger partial charge in [0.15, 0.2) is 11.6 Å². The molecule has 0 aliphatic carbocycles. The van der Waals surface area contributed by atoms with Crippen molar-refractivity contribution in [2.75, 3.05) is 18.4 Å². The molecule has 1 aliphatic rings. The Morgan fingerprint density at radius 2 is 1.79 bits per heavy atom. The van der Waals surface area contributed by atoms with E-state index in [-0.39, 0.29) is 6.10 Å². The van der Waals surface area contributed by atoms with E-state index in [0.717, 1.165) is 37.2 Å². The number of H-pyrrole nitrogens is 1. The van der Waals surface area contributed by atoms with E-state index in [2.05, 4.69) is 62.0 Å². The number of rotatable bonds is 6. The number of benzene rings is 1. The summed E-state index contributed by atoms with van der Waals surface area (Å²) in [5.41, 5.74) is 3.31. The summed E-state index contributed by atoms with van der Waals surface area (Å²) in [6, 6.07) is 12.1. The Hall–Kier alpha value is -3.19. The fourth-order valence-corrected chi connectivity index (χ4v) is 3.19. The zero-order valence-corrected chi connectivity index (χ0v) is 16.8. The van der Waals surface area contributed by atoms with E-state index in [9.17, 15) is 0 Å².